The number of hydrogen-bond donors (Lipinski definition) is 0. The van der Waals surface area contributed by atoms with Gasteiger partial charge in [0.15, 0.2) is 0 Å². The first-order valence-electron chi connectivity index (χ1n) is 7.98. The predicted molar refractivity (Wildman–Crippen MR) is 93.9 cm³/mol. The standard InChI is InChI=1S/C17H17N3O2S2/c21-16(20-7-1-2-14(20)12-5-8-23-10-12)4-3-15-18-19-17(22-15)13-6-9-24-11-13/h5-6,8-11,14H,1-4,7H2/t14-/m0/s1. The van der Waals surface area contributed by atoms with Gasteiger partial charge in [-0.25, -0.2) is 0 Å². The van der Waals surface area contributed by atoms with Gasteiger partial charge in [-0.3, -0.25) is 4.79 Å². The summed E-state index contributed by atoms with van der Waals surface area (Å²) in [6.45, 7) is 0.837. The SMILES string of the molecule is O=C(CCc1nnc(-c2ccsc2)o1)N1CCC[C@H]1c1ccsc1. The summed E-state index contributed by atoms with van der Waals surface area (Å²) in [5, 5.41) is 16.3. The van der Waals surface area contributed by atoms with Gasteiger partial charge in [0.1, 0.15) is 0 Å². The van der Waals surface area contributed by atoms with E-state index < -0.39 is 0 Å². The summed E-state index contributed by atoms with van der Waals surface area (Å²) in [6, 6.07) is 4.29. The lowest BCUT2D eigenvalue weighted by Crippen LogP contribution is -2.30. The van der Waals surface area contributed by atoms with Crippen LogP contribution in [0.15, 0.2) is 38.1 Å². The van der Waals surface area contributed by atoms with E-state index >= 15 is 0 Å². The second-order valence-corrected chi connectivity index (χ2v) is 7.37. The van der Waals surface area contributed by atoms with Crippen molar-refractivity contribution in [1.29, 1.82) is 0 Å². The Bertz CT molecular complexity index is 796. The Morgan fingerprint density at radius 2 is 2.12 bits per heavy atom. The molecule has 4 heterocycles. The fourth-order valence-corrected chi connectivity index (χ4v) is 4.43. The van der Waals surface area contributed by atoms with Gasteiger partial charge in [-0.2, -0.15) is 22.7 Å². The van der Waals surface area contributed by atoms with E-state index in [4.69, 9.17) is 4.42 Å². The molecule has 0 bridgehead atoms. The number of carbonyl (C=O) groups is 1. The van der Waals surface area contributed by atoms with Gasteiger partial charge < -0.3 is 9.32 Å². The van der Waals surface area contributed by atoms with E-state index in [1.807, 2.05) is 21.7 Å². The highest BCUT2D eigenvalue weighted by molar-refractivity contribution is 7.08. The minimum absolute atomic E-state index is 0.166. The lowest BCUT2D eigenvalue weighted by atomic mass is 10.1. The van der Waals surface area contributed by atoms with E-state index in [0.29, 0.717) is 24.6 Å². The van der Waals surface area contributed by atoms with E-state index in [2.05, 4.69) is 27.0 Å². The molecular formula is C17H17N3O2S2. The van der Waals surface area contributed by atoms with Crippen LogP contribution in [0.25, 0.3) is 11.5 Å². The summed E-state index contributed by atoms with van der Waals surface area (Å²) in [7, 11) is 0. The molecule has 0 aromatic carbocycles. The Morgan fingerprint density at radius 3 is 2.92 bits per heavy atom. The van der Waals surface area contributed by atoms with E-state index in [1.165, 1.54) is 5.56 Å². The molecule has 1 aliphatic rings. The Morgan fingerprint density at radius 1 is 1.25 bits per heavy atom. The number of nitrogens with zero attached hydrogens (tertiary/aromatic N) is 3. The molecule has 0 unspecified atom stereocenters. The van der Waals surface area contributed by atoms with E-state index in [-0.39, 0.29) is 11.9 Å². The van der Waals surface area contributed by atoms with Crippen molar-refractivity contribution in [2.45, 2.75) is 31.7 Å². The molecule has 3 aromatic heterocycles. The average Bonchev–Trinajstić information content (AvgIpc) is 3.40. The summed E-state index contributed by atoms with van der Waals surface area (Å²) in [6.07, 6.45) is 3.01. The van der Waals surface area contributed by atoms with Crippen LogP contribution < -0.4 is 0 Å². The first kappa shape index (κ1) is 15.5. The summed E-state index contributed by atoms with van der Waals surface area (Å²) < 4.78 is 5.66. The van der Waals surface area contributed by atoms with Gasteiger partial charge in [0.25, 0.3) is 0 Å². The molecule has 1 amide bonds. The summed E-state index contributed by atoms with van der Waals surface area (Å²) in [4.78, 5) is 14.6. The first-order chi connectivity index (χ1) is 11.8. The maximum Gasteiger partial charge on any atom is 0.248 e. The minimum Gasteiger partial charge on any atom is -0.421 e. The minimum atomic E-state index is 0.166. The van der Waals surface area contributed by atoms with Crippen molar-refractivity contribution < 1.29 is 9.21 Å². The van der Waals surface area contributed by atoms with Crippen molar-refractivity contribution >= 4 is 28.6 Å². The number of likely N-dealkylation sites (tertiary alicyclic amines) is 1. The largest absolute Gasteiger partial charge is 0.421 e. The molecule has 0 spiro atoms. The highest BCUT2D eigenvalue weighted by atomic mass is 32.1. The molecule has 5 nitrogen and oxygen atoms in total. The molecule has 0 aliphatic carbocycles. The number of aromatic nitrogens is 2. The van der Waals surface area contributed by atoms with E-state index in [1.54, 1.807) is 22.7 Å². The van der Waals surface area contributed by atoms with Crippen LogP contribution >= 0.6 is 22.7 Å². The molecule has 3 aromatic rings. The first-order valence-corrected chi connectivity index (χ1v) is 9.86. The van der Waals surface area contributed by atoms with Crippen molar-refractivity contribution in [3.05, 3.63) is 45.1 Å². The molecule has 0 N–H and O–H groups in total. The van der Waals surface area contributed by atoms with Gasteiger partial charge >= 0.3 is 0 Å². The van der Waals surface area contributed by atoms with Crippen LogP contribution in [0.3, 0.4) is 0 Å². The quantitative estimate of drug-likeness (QED) is 0.686. The van der Waals surface area contributed by atoms with Crippen LogP contribution in [0.4, 0.5) is 0 Å². The number of rotatable bonds is 5. The van der Waals surface area contributed by atoms with Crippen LogP contribution in [0.2, 0.25) is 0 Å². The number of thiophene rings is 2. The molecule has 1 atom stereocenters. The van der Waals surface area contributed by atoms with Gasteiger partial charge in [-0.1, -0.05) is 0 Å². The van der Waals surface area contributed by atoms with Gasteiger partial charge in [0.05, 0.1) is 6.04 Å². The van der Waals surface area contributed by atoms with E-state index in [0.717, 1.165) is 24.9 Å². The number of amides is 1. The Balaban J connectivity index is 1.38. The number of aryl methyl sites for hydroxylation is 1. The highest BCUT2D eigenvalue weighted by Crippen LogP contribution is 2.33. The van der Waals surface area contributed by atoms with Crippen molar-refractivity contribution in [3.63, 3.8) is 0 Å². The molecule has 24 heavy (non-hydrogen) atoms. The third kappa shape index (κ3) is 3.14. The maximum atomic E-state index is 12.6. The van der Waals surface area contributed by atoms with Gasteiger partial charge in [-0.05, 0) is 46.7 Å². The Labute approximate surface area is 147 Å². The molecule has 4 rings (SSSR count). The molecule has 1 aliphatic heterocycles. The average molecular weight is 359 g/mol. The predicted octanol–water partition coefficient (Wildman–Crippen LogP) is 4.16. The molecule has 1 fully saturated rings. The zero-order valence-electron chi connectivity index (χ0n) is 13.1. The van der Waals surface area contributed by atoms with Crippen molar-refractivity contribution in [2.75, 3.05) is 6.54 Å². The van der Waals surface area contributed by atoms with Crippen molar-refractivity contribution in [3.8, 4) is 11.5 Å². The molecular weight excluding hydrogens is 342 g/mol. The lowest BCUT2D eigenvalue weighted by molar-refractivity contribution is -0.132. The highest BCUT2D eigenvalue weighted by Gasteiger charge is 2.30. The molecule has 7 heteroatoms. The molecule has 0 radical (unpaired) electrons. The topological polar surface area (TPSA) is 59.2 Å². The normalized spacial score (nSPS) is 17.5. The number of hydrogen-bond acceptors (Lipinski definition) is 6. The van der Waals surface area contributed by atoms with Gasteiger partial charge in [0.2, 0.25) is 17.7 Å². The fourth-order valence-electron chi connectivity index (χ4n) is 3.09. The van der Waals surface area contributed by atoms with E-state index in [9.17, 15) is 4.79 Å². The van der Waals surface area contributed by atoms with Crippen LogP contribution in [-0.4, -0.2) is 27.5 Å². The molecule has 124 valence electrons. The van der Waals surface area contributed by atoms with Crippen molar-refractivity contribution in [1.82, 2.24) is 15.1 Å². The molecule has 1 saturated heterocycles. The van der Waals surface area contributed by atoms with Gasteiger partial charge in [-0.15, -0.1) is 10.2 Å². The Kier molecular flexibility index (Phi) is 4.44. The smallest absolute Gasteiger partial charge is 0.248 e. The van der Waals surface area contributed by atoms with Crippen LogP contribution in [0, 0.1) is 0 Å². The summed E-state index contributed by atoms with van der Waals surface area (Å²) in [5.41, 5.74) is 2.19. The number of carbonyl (C=O) groups excluding carboxylic acids is 1. The lowest BCUT2D eigenvalue weighted by Gasteiger charge is -2.24. The maximum absolute atomic E-state index is 12.6. The molecule has 0 saturated carbocycles. The summed E-state index contributed by atoms with van der Waals surface area (Å²) in [5.74, 6) is 1.21. The third-order valence-electron chi connectivity index (χ3n) is 4.29. The monoisotopic (exact) mass is 359 g/mol. The van der Waals surface area contributed by atoms with Crippen LogP contribution in [-0.2, 0) is 11.2 Å². The second kappa shape index (κ2) is 6.86. The second-order valence-electron chi connectivity index (χ2n) is 5.81. The fraction of sp³-hybridized carbons (Fsp3) is 0.353. The Hall–Kier alpha value is -1.99. The van der Waals surface area contributed by atoms with Crippen LogP contribution in [0.5, 0.6) is 0 Å². The zero-order chi connectivity index (χ0) is 16.4. The van der Waals surface area contributed by atoms with Crippen LogP contribution in [0.1, 0.15) is 36.8 Å². The van der Waals surface area contributed by atoms with Gasteiger partial charge in [0, 0.05) is 30.3 Å². The zero-order valence-corrected chi connectivity index (χ0v) is 14.7. The summed E-state index contributed by atoms with van der Waals surface area (Å²) >= 11 is 3.27. The third-order valence-corrected chi connectivity index (χ3v) is 5.67. The van der Waals surface area contributed by atoms with Crippen molar-refractivity contribution in [2.24, 2.45) is 0 Å².